The average molecular weight is 241 g/mol. The highest BCUT2D eigenvalue weighted by Gasteiger charge is 2.02. The third-order valence-corrected chi connectivity index (χ3v) is 2.09. The molecule has 0 fully saturated rings. The summed E-state index contributed by atoms with van der Waals surface area (Å²) in [5, 5.41) is 0.389. The summed E-state index contributed by atoms with van der Waals surface area (Å²) in [5.74, 6) is -0.271. The molecule has 0 N–H and O–H groups in total. The molecule has 72 valence electrons. The summed E-state index contributed by atoms with van der Waals surface area (Å²) in [6, 6.07) is 0. The van der Waals surface area contributed by atoms with Crippen molar-refractivity contribution in [3.8, 4) is 0 Å². The van der Waals surface area contributed by atoms with E-state index in [1.807, 2.05) is 0 Å². The van der Waals surface area contributed by atoms with Crippen LogP contribution < -0.4 is 0 Å². The largest absolute Gasteiger partial charge is 0.466 e. The Morgan fingerprint density at radius 1 is 1.58 bits per heavy atom. The highest BCUT2D eigenvalue weighted by atomic mass is 79.9. The van der Waals surface area contributed by atoms with Gasteiger partial charge in [-0.15, -0.1) is 0 Å². The van der Waals surface area contributed by atoms with Crippen molar-refractivity contribution in [1.29, 1.82) is 0 Å². The summed E-state index contributed by atoms with van der Waals surface area (Å²) in [7, 11) is 0. The van der Waals surface area contributed by atoms with E-state index >= 15 is 0 Å². The summed E-state index contributed by atoms with van der Waals surface area (Å²) in [6.07, 6.45) is 1.27. The van der Waals surface area contributed by atoms with Gasteiger partial charge in [-0.25, -0.2) is 4.39 Å². The molecule has 0 aliphatic rings. The normalized spacial score (nSPS) is 12.6. The number of hydrogen-bond acceptors (Lipinski definition) is 2. The Morgan fingerprint density at radius 3 is 2.75 bits per heavy atom. The number of rotatable bonds is 6. The number of ether oxygens (including phenoxy) is 1. The molecule has 1 atom stereocenters. The van der Waals surface area contributed by atoms with E-state index < -0.39 is 6.17 Å². The van der Waals surface area contributed by atoms with Crippen molar-refractivity contribution in [1.82, 2.24) is 0 Å². The van der Waals surface area contributed by atoms with Crippen molar-refractivity contribution in [2.75, 3.05) is 11.9 Å². The smallest absolute Gasteiger partial charge is 0.302 e. The Balaban J connectivity index is 3.05. The zero-order valence-corrected chi connectivity index (χ0v) is 8.77. The maximum absolute atomic E-state index is 12.6. The van der Waals surface area contributed by atoms with Crippen LogP contribution in [0.25, 0.3) is 0 Å². The van der Waals surface area contributed by atoms with Gasteiger partial charge in [0.15, 0.2) is 0 Å². The molecule has 0 amide bonds. The number of halogens is 2. The first kappa shape index (κ1) is 11.9. The van der Waals surface area contributed by atoms with Crippen molar-refractivity contribution in [3.63, 3.8) is 0 Å². The van der Waals surface area contributed by atoms with Gasteiger partial charge in [0.1, 0.15) is 6.17 Å². The van der Waals surface area contributed by atoms with Crippen LogP contribution in [0.4, 0.5) is 4.39 Å². The second-order valence-corrected chi connectivity index (χ2v) is 3.23. The molecule has 12 heavy (non-hydrogen) atoms. The van der Waals surface area contributed by atoms with Crippen molar-refractivity contribution >= 4 is 21.9 Å². The fourth-order valence-corrected chi connectivity index (χ4v) is 1.08. The molecular weight excluding hydrogens is 227 g/mol. The SMILES string of the molecule is CC(=O)OCCCC[C@H](F)CBr. The van der Waals surface area contributed by atoms with E-state index in [1.54, 1.807) is 0 Å². The lowest BCUT2D eigenvalue weighted by atomic mass is 10.2. The van der Waals surface area contributed by atoms with Crippen molar-refractivity contribution < 1.29 is 13.9 Å². The van der Waals surface area contributed by atoms with Crippen LogP contribution in [0.3, 0.4) is 0 Å². The second kappa shape index (κ2) is 7.53. The Hall–Kier alpha value is -0.120. The topological polar surface area (TPSA) is 26.3 Å². The summed E-state index contributed by atoms with van der Waals surface area (Å²) >= 11 is 3.05. The van der Waals surface area contributed by atoms with Gasteiger partial charge in [-0.2, -0.15) is 0 Å². The van der Waals surface area contributed by atoms with E-state index in [0.29, 0.717) is 18.4 Å². The van der Waals surface area contributed by atoms with Crippen LogP contribution in [0.1, 0.15) is 26.2 Å². The Bertz CT molecular complexity index is 130. The van der Waals surface area contributed by atoms with E-state index in [9.17, 15) is 9.18 Å². The van der Waals surface area contributed by atoms with Crippen LogP contribution in [-0.2, 0) is 9.53 Å². The summed E-state index contributed by atoms with van der Waals surface area (Å²) in [5.41, 5.74) is 0. The average Bonchev–Trinajstić information content (AvgIpc) is 2.03. The van der Waals surface area contributed by atoms with Crippen LogP contribution in [0.2, 0.25) is 0 Å². The maximum Gasteiger partial charge on any atom is 0.302 e. The standard InChI is InChI=1S/C8H14BrFO2/c1-7(11)12-5-3-2-4-8(10)6-9/h8H,2-6H2,1H3/t8-/m0/s1. The van der Waals surface area contributed by atoms with E-state index in [4.69, 9.17) is 0 Å². The van der Waals surface area contributed by atoms with Crippen LogP contribution in [0, 0.1) is 0 Å². The molecule has 0 aromatic rings. The highest BCUT2D eigenvalue weighted by Crippen LogP contribution is 2.07. The second-order valence-electron chi connectivity index (χ2n) is 2.59. The molecule has 0 aromatic carbocycles. The first-order chi connectivity index (χ1) is 5.66. The molecule has 0 unspecified atom stereocenters. The van der Waals surface area contributed by atoms with E-state index in [1.165, 1.54) is 6.92 Å². The van der Waals surface area contributed by atoms with E-state index in [2.05, 4.69) is 20.7 Å². The first-order valence-electron chi connectivity index (χ1n) is 4.00. The van der Waals surface area contributed by atoms with Gasteiger partial charge >= 0.3 is 5.97 Å². The van der Waals surface area contributed by atoms with E-state index in [0.717, 1.165) is 12.8 Å². The Morgan fingerprint density at radius 2 is 2.25 bits per heavy atom. The number of hydrogen-bond donors (Lipinski definition) is 0. The molecule has 0 aliphatic carbocycles. The fourth-order valence-electron chi connectivity index (χ4n) is 0.761. The van der Waals surface area contributed by atoms with Crippen molar-refractivity contribution in [2.45, 2.75) is 32.4 Å². The number of esters is 1. The van der Waals surface area contributed by atoms with Gasteiger partial charge in [-0.1, -0.05) is 15.9 Å². The summed E-state index contributed by atoms with van der Waals surface area (Å²) in [6.45, 7) is 1.78. The lowest BCUT2D eigenvalue weighted by Gasteiger charge is -2.03. The third kappa shape index (κ3) is 7.98. The minimum Gasteiger partial charge on any atom is -0.466 e. The van der Waals surface area contributed by atoms with Gasteiger partial charge in [-0.3, -0.25) is 4.79 Å². The quantitative estimate of drug-likeness (QED) is 0.405. The maximum atomic E-state index is 12.6. The number of unbranched alkanes of at least 4 members (excludes halogenated alkanes) is 1. The zero-order chi connectivity index (χ0) is 9.40. The zero-order valence-electron chi connectivity index (χ0n) is 7.19. The molecule has 0 heterocycles. The van der Waals surface area contributed by atoms with Gasteiger partial charge in [-0.05, 0) is 19.3 Å². The summed E-state index contributed by atoms with van der Waals surface area (Å²) in [4.78, 5) is 10.3. The molecule has 2 nitrogen and oxygen atoms in total. The predicted octanol–water partition coefficient (Wildman–Crippen LogP) is 2.45. The highest BCUT2D eigenvalue weighted by molar-refractivity contribution is 9.09. The van der Waals surface area contributed by atoms with Crippen LogP contribution in [0.15, 0.2) is 0 Å². The Labute approximate surface area is 80.6 Å². The minimum atomic E-state index is -0.776. The molecular formula is C8H14BrFO2. The lowest BCUT2D eigenvalue weighted by molar-refractivity contribution is -0.141. The van der Waals surface area contributed by atoms with Crippen LogP contribution >= 0.6 is 15.9 Å². The molecule has 0 radical (unpaired) electrons. The molecule has 4 heteroatoms. The van der Waals surface area contributed by atoms with Gasteiger partial charge in [0.05, 0.1) is 6.61 Å². The molecule has 0 saturated heterocycles. The molecule has 0 bridgehead atoms. The molecule has 0 saturated carbocycles. The molecule has 0 aromatic heterocycles. The monoisotopic (exact) mass is 240 g/mol. The fraction of sp³-hybridized carbons (Fsp3) is 0.875. The van der Waals surface area contributed by atoms with Gasteiger partial charge in [0, 0.05) is 12.3 Å². The predicted molar refractivity (Wildman–Crippen MR) is 49.2 cm³/mol. The first-order valence-corrected chi connectivity index (χ1v) is 5.12. The van der Waals surface area contributed by atoms with Crippen molar-refractivity contribution in [3.05, 3.63) is 0 Å². The number of carbonyl (C=O) groups is 1. The molecule has 0 spiro atoms. The number of carbonyl (C=O) groups excluding carboxylic acids is 1. The van der Waals surface area contributed by atoms with E-state index in [-0.39, 0.29) is 5.97 Å². The number of alkyl halides is 2. The summed E-state index contributed by atoms with van der Waals surface area (Å²) < 4.78 is 17.2. The molecule has 0 rings (SSSR count). The lowest BCUT2D eigenvalue weighted by Crippen LogP contribution is -2.04. The third-order valence-electron chi connectivity index (χ3n) is 1.38. The molecule has 0 aliphatic heterocycles. The van der Waals surface area contributed by atoms with Crippen LogP contribution in [-0.4, -0.2) is 24.1 Å². The van der Waals surface area contributed by atoms with Gasteiger partial charge in [0.25, 0.3) is 0 Å². The van der Waals surface area contributed by atoms with Crippen LogP contribution in [0.5, 0.6) is 0 Å². The Kier molecular flexibility index (Phi) is 7.45. The van der Waals surface area contributed by atoms with Gasteiger partial charge in [0.2, 0.25) is 0 Å². The van der Waals surface area contributed by atoms with Gasteiger partial charge < -0.3 is 4.74 Å². The van der Waals surface area contributed by atoms with Crippen molar-refractivity contribution in [2.24, 2.45) is 0 Å². The minimum absolute atomic E-state index is 0.271.